The number of benzene rings is 1. The van der Waals surface area contributed by atoms with Gasteiger partial charge in [0.15, 0.2) is 6.04 Å². The zero-order chi connectivity index (χ0) is 17.3. The van der Waals surface area contributed by atoms with Crippen molar-refractivity contribution in [2.75, 3.05) is 25.1 Å². The lowest BCUT2D eigenvalue weighted by Gasteiger charge is -2.30. The SMILES string of the molecule is COC(=O)C1CC[NH+]([C@@H]2CC(=O)N(c3cccc(C)c3)C2=O)CC1. The van der Waals surface area contributed by atoms with Crippen LogP contribution in [0.1, 0.15) is 24.8 Å². The number of nitrogens with one attached hydrogen (secondary N) is 1. The highest BCUT2D eigenvalue weighted by Gasteiger charge is 2.47. The van der Waals surface area contributed by atoms with Gasteiger partial charge in [0.1, 0.15) is 0 Å². The molecule has 2 aliphatic heterocycles. The second kappa shape index (κ2) is 6.73. The minimum absolute atomic E-state index is 0.0844. The third-order valence-corrected chi connectivity index (χ3v) is 5.06. The number of carbonyl (C=O) groups excluding carboxylic acids is 3. The first kappa shape index (κ1) is 16.6. The van der Waals surface area contributed by atoms with E-state index in [1.165, 1.54) is 12.0 Å². The van der Waals surface area contributed by atoms with Gasteiger partial charge in [0.05, 0.1) is 38.2 Å². The lowest BCUT2D eigenvalue weighted by atomic mass is 9.95. The van der Waals surface area contributed by atoms with Crippen molar-refractivity contribution >= 4 is 23.5 Å². The largest absolute Gasteiger partial charge is 0.469 e. The van der Waals surface area contributed by atoms with E-state index in [4.69, 9.17) is 4.74 Å². The summed E-state index contributed by atoms with van der Waals surface area (Å²) >= 11 is 0. The van der Waals surface area contributed by atoms with Crippen molar-refractivity contribution in [2.24, 2.45) is 5.92 Å². The molecule has 2 heterocycles. The zero-order valence-electron chi connectivity index (χ0n) is 14.1. The van der Waals surface area contributed by atoms with Crippen LogP contribution in [-0.2, 0) is 19.1 Å². The van der Waals surface area contributed by atoms with Gasteiger partial charge in [-0.25, -0.2) is 4.90 Å². The Morgan fingerprint density at radius 3 is 2.58 bits per heavy atom. The number of carbonyl (C=O) groups is 3. The smallest absolute Gasteiger partial charge is 0.309 e. The van der Waals surface area contributed by atoms with Crippen LogP contribution in [0.15, 0.2) is 24.3 Å². The van der Waals surface area contributed by atoms with Crippen molar-refractivity contribution in [1.29, 1.82) is 0 Å². The molecule has 6 nitrogen and oxygen atoms in total. The van der Waals surface area contributed by atoms with Gasteiger partial charge in [-0.3, -0.25) is 14.4 Å². The summed E-state index contributed by atoms with van der Waals surface area (Å²) in [5.74, 6) is -0.529. The zero-order valence-corrected chi connectivity index (χ0v) is 14.1. The van der Waals surface area contributed by atoms with E-state index in [1.807, 2.05) is 25.1 Å². The van der Waals surface area contributed by atoms with Crippen LogP contribution in [-0.4, -0.2) is 44.0 Å². The predicted molar refractivity (Wildman–Crippen MR) is 87.5 cm³/mol. The molecule has 0 radical (unpaired) electrons. The molecule has 0 saturated carbocycles. The van der Waals surface area contributed by atoms with Crippen LogP contribution in [0.2, 0.25) is 0 Å². The van der Waals surface area contributed by atoms with Gasteiger partial charge in [-0.15, -0.1) is 0 Å². The molecule has 2 amide bonds. The number of piperidine rings is 1. The summed E-state index contributed by atoms with van der Waals surface area (Å²) in [4.78, 5) is 39.2. The Kier molecular flexibility index (Phi) is 4.66. The Morgan fingerprint density at radius 1 is 1.25 bits per heavy atom. The van der Waals surface area contributed by atoms with Crippen LogP contribution in [0, 0.1) is 12.8 Å². The summed E-state index contributed by atoms with van der Waals surface area (Å²) in [6.45, 7) is 3.37. The molecule has 2 fully saturated rings. The maximum absolute atomic E-state index is 12.8. The fourth-order valence-electron chi connectivity index (χ4n) is 3.73. The first-order valence-electron chi connectivity index (χ1n) is 8.37. The summed E-state index contributed by atoms with van der Waals surface area (Å²) in [5, 5.41) is 0. The molecule has 0 bridgehead atoms. The minimum Gasteiger partial charge on any atom is -0.469 e. The van der Waals surface area contributed by atoms with Gasteiger partial charge in [-0.1, -0.05) is 12.1 Å². The van der Waals surface area contributed by atoms with E-state index in [9.17, 15) is 14.4 Å². The fraction of sp³-hybridized carbons (Fsp3) is 0.500. The van der Waals surface area contributed by atoms with E-state index in [2.05, 4.69) is 0 Å². The van der Waals surface area contributed by atoms with Gasteiger partial charge in [-0.2, -0.15) is 0 Å². The van der Waals surface area contributed by atoms with Crippen molar-refractivity contribution in [3.8, 4) is 0 Å². The molecule has 1 aromatic carbocycles. The first-order chi connectivity index (χ1) is 11.5. The molecule has 24 heavy (non-hydrogen) atoms. The summed E-state index contributed by atoms with van der Waals surface area (Å²) < 4.78 is 4.80. The molecule has 1 atom stereocenters. The summed E-state index contributed by atoms with van der Waals surface area (Å²) in [6.07, 6.45) is 1.64. The van der Waals surface area contributed by atoms with Gasteiger partial charge in [0.25, 0.3) is 5.91 Å². The minimum atomic E-state index is -0.336. The van der Waals surface area contributed by atoms with Crippen LogP contribution in [0.25, 0.3) is 0 Å². The Hall–Kier alpha value is -2.21. The number of quaternary nitrogens is 1. The van der Waals surface area contributed by atoms with Gasteiger partial charge < -0.3 is 9.64 Å². The molecular formula is C18H23N2O4+. The number of hydrogen-bond donors (Lipinski definition) is 1. The highest BCUT2D eigenvalue weighted by atomic mass is 16.5. The molecule has 0 aromatic heterocycles. The van der Waals surface area contributed by atoms with E-state index < -0.39 is 0 Å². The quantitative estimate of drug-likeness (QED) is 0.630. The molecular weight excluding hydrogens is 308 g/mol. The predicted octanol–water partition coefficient (Wildman–Crippen LogP) is 0.0948. The van der Waals surface area contributed by atoms with Crippen LogP contribution in [0.4, 0.5) is 5.69 Å². The number of rotatable bonds is 3. The number of imide groups is 1. The highest BCUT2D eigenvalue weighted by molar-refractivity contribution is 6.21. The highest BCUT2D eigenvalue weighted by Crippen LogP contribution is 2.23. The second-order valence-corrected chi connectivity index (χ2v) is 6.62. The summed E-state index contributed by atoms with van der Waals surface area (Å²) in [6, 6.07) is 7.11. The van der Waals surface area contributed by atoms with Crippen molar-refractivity contribution in [2.45, 2.75) is 32.2 Å². The third kappa shape index (κ3) is 3.06. The number of nitrogens with zero attached hydrogens (tertiary/aromatic N) is 1. The van der Waals surface area contributed by atoms with Crippen LogP contribution >= 0.6 is 0 Å². The van der Waals surface area contributed by atoms with E-state index in [0.717, 1.165) is 10.5 Å². The normalized spacial score (nSPS) is 27.4. The monoisotopic (exact) mass is 331 g/mol. The van der Waals surface area contributed by atoms with Crippen LogP contribution in [0.5, 0.6) is 0 Å². The average molecular weight is 331 g/mol. The lowest BCUT2D eigenvalue weighted by molar-refractivity contribution is -0.920. The van der Waals surface area contributed by atoms with Crippen LogP contribution in [0.3, 0.4) is 0 Å². The molecule has 1 N–H and O–H groups in total. The van der Waals surface area contributed by atoms with Gasteiger partial charge in [0, 0.05) is 12.8 Å². The number of ether oxygens (including phenoxy) is 1. The van der Waals surface area contributed by atoms with E-state index >= 15 is 0 Å². The molecule has 0 spiro atoms. The molecule has 2 aliphatic rings. The second-order valence-electron chi connectivity index (χ2n) is 6.62. The van der Waals surface area contributed by atoms with Gasteiger partial charge in [0.2, 0.25) is 5.91 Å². The van der Waals surface area contributed by atoms with Gasteiger partial charge in [-0.05, 0) is 24.6 Å². The molecule has 128 valence electrons. The lowest BCUT2D eigenvalue weighted by Crippen LogP contribution is -3.17. The number of likely N-dealkylation sites (tertiary alicyclic amines) is 1. The molecule has 6 heteroatoms. The number of hydrogen-bond acceptors (Lipinski definition) is 4. The molecule has 0 unspecified atom stereocenters. The maximum Gasteiger partial charge on any atom is 0.309 e. The Labute approximate surface area is 141 Å². The topological polar surface area (TPSA) is 68.1 Å². The number of methoxy groups -OCH3 is 1. The van der Waals surface area contributed by atoms with Gasteiger partial charge >= 0.3 is 5.97 Å². The third-order valence-electron chi connectivity index (χ3n) is 5.06. The standard InChI is InChI=1S/C18H22N2O4/c1-12-4-3-5-14(10-12)20-16(21)11-15(17(20)22)19-8-6-13(7-9-19)18(23)24-2/h3-5,10,13,15H,6-9,11H2,1-2H3/p+1/t15-/m1/s1. The van der Waals surface area contributed by atoms with Crippen molar-refractivity contribution in [3.05, 3.63) is 29.8 Å². The summed E-state index contributed by atoms with van der Waals surface area (Å²) in [7, 11) is 1.40. The first-order valence-corrected chi connectivity index (χ1v) is 8.37. The molecule has 2 saturated heterocycles. The van der Waals surface area contributed by atoms with E-state index in [-0.39, 0.29) is 36.2 Å². The summed E-state index contributed by atoms with van der Waals surface area (Å²) in [5.41, 5.74) is 1.67. The van der Waals surface area contributed by atoms with Crippen molar-refractivity contribution in [1.82, 2.24) is 0 Å². The maximum atomic E-state index is 12.8. The van der Waals surface area contributed by atoms with Crippen molar-refractivity contribution in [3.63, 3.8) is 0 Å². The number of esters is 1. The Morgan fingerprint density at radius 2 is 1.96 bits per heavy atom. The van der Waals surface area contributed by atoms with E-state index in [1.54, 1.807) is 6.07 Å². The number of anilines is 1. The average Bonchev–Trinajstić information content (AvgIpc) is 2.89. The molecule has 3 rings (SSSR count). The molecule has 1 aromatic rings. The Balaban J connectivity index is 1.70. The fourth-order valence-corrected chi connectivity index (χ4v) is 3.73. The molecule has 0 aliphatic carbocycles. The Bertz CT molecular complexity index is 665. The van der Waals surface area contributed by atoms with Crippen molar-refractivity contribution < 1.29 is 24.0 Å². The van der Waals surface area contributed by atoms with E-state index in [0.29, 0.717) is 31.6 Å². The van der Waals surface area contributed by atoms with Crippen LogP contribution < -0.4 is 9.80 Å². The number of aryl methyl sites for hydroxylation is 1. The number of amides is 2.